The molecular weight excluding hydrogens is 328 g/mol. The van der Waals surface area contributed by atoms with Gasteiger partial charge in [0.1, 0.15) is 5.84 Å². The first-order valence-corrected chi connectivity index (χ1v) is 9.14. The van der Waals surface area contributed by atoms with E-state index in [4.69, 9.17) is 0 Å². The average Bonchev–Trinajstić information content (AvgIpc) is 2.59. The lowest BCUT2D eigenvalue weighted by molar-refractivity contribution is -0.127. The summed E-state index contributed by atoms with van der Waals surface area (Å²) in [7, 11) is -1.66. The number of amides is 1. The van der Waals surface area contributed by atoms with E-state index in [0.29, 0.717) is 18.0 Å². The smallest absolute Gasteiger partial charge is 0.256 e. The molecule has 0 saturated carbocycles. The maximum atomic E-state index is 12.7. The summed E-state index contributed by atoms with van der Waals surface area (Å²) in [4.78, 5) is 20.1. The lowest BCUT2D eigenvalue weighted by atomic mass is 10.1. The van der Waals surface area contributed by atoms with Crippen LogP contribution in [0.1, 0.15) is 18.5 Å². The van der Waals surface area contributed by atoms with E-state index in [1.165, 1.54) is 0 Å². The maximum absolute atomic E-state index is 12.7. The predicted molar refractivity (Wildman–Crippen MR) is 90.6 cm³/mol. The number of nitrogens with zero attached hydrogens (tertiary/aromatic N) is 4. The van der Waals surface area contributed by atoms with Gasteiger partial charge in [-0.2, -0.15) is 0 Å². The van der Waals surface area contributed by atoms with Gasteiger partial charge in [-0.05, 0) is 30.7 Å². The summed E-state index contributed by atoms with van der Waals surface area (Å²) >= 11 is 0. The molecule has 3 heterocycles. The van der Waals surface area contributed by atoms with Crippen molar-refractivity contribution in [1.29, 1.82) is 0 Å². The molecule has 0 aliphatic carbocycles. The Morgan fingerprint density at radius 2 is 2.17 bits per heavy atom. The number of carbonyl (C=O) groups excluding carboxylic acids is 1. The summed E-state index contributed by atoms with van der Waals surface area (Å²) < 4.78 is 26.8. The zero-order valence-corrected chi connectivity index (χ0v) is 14.3. The molecule has 1 atom stereocenters. The molecule has 0 saturated heterocycles. The molecule has 0 fully saturated rings. The molecule has 1 unspecified atom stereocenters. The van der Waals surface area contributed by atoms with Gasteiger partial charge in [0.05, 0.1) is 17.4 Å². The normalized spacial score (nSPS) is 19.8. The second-order valence-corrected chi connectivity index (χ2v) is 7.48. The van der Waals surface area contributed by atoms with Crippen LogP contribution in [0.5, 0.6) is 0 Å². The van der Waals surface area contributed by atoms with E-state index in [-0.39, 0.29) is 17.7 Å². The largest absolute Gasteiger partial charge is 0.335 e. The van der Waals surface area contributed by atoms with Crippen LogP contribution in [0.3, 0.4) is 0 Å². The van der Waals surface area contributed by atoms with E-state index in [9.17, 15) is 13.2 Å². The molecule has 0 aromatic carbocycles. The summed E-state index contributed by atoms with van der Waals surface area (Å²) in [5, 5.41) is 0. The van der Waals surface area contributed by atoms with Gasteiger partial charge in [0.25, 0.3) is 15.9 Å². The second kappa shape index (κ2) is 6.20. The molecule has 3 rings (SSSR count). The van der Waals surface area contributed by atoms with Crippen molar-refractivity contribution in [3.63, 3.8) is 0 Å². The molecule has 1 amide bonds. The van der Waals surface area contributed by atoms with Gasteiger partial charge in [-0.3, -0.25) is 9.78 Å². The van der Waals surface area contributed by atoms with Crippen LogP contribution in [0.15, 0.2) is 52.8 Å². The lowest BCUT2D eigenvalue weighted by Crippen LogP contribution is -2.38. The quantitative estimate of drug-likeness (QED) is 0.818. The van der Waals surface area contributed by atoms with Gasteiger partial charge in [-0.1, -0.05) is 6.07 Å². The van der Waals surface area contributed by atoms with Gasteiger partial charge in [-0.15, -0.1) is 4.40 Å². The predicted octanol–water partition coefficient (Wildman–Crippen LogP) is 1.10. The molecule has 7 nitrogen and oxygen atoms in total. The Kier molecular flexibility index (Phi) is 4.23. The Morgan fingerprint density at radius 1 is 1.38 bits per heavy atom. The van der Waals surface area contributed by atoms with Gasteiger partial charge in [0.2, 0.25) is 0 Å². The van der Waals surface area contributed by atoms with Gasteiger partial charge in [-0.25, -0.2) is 8.42 Å². The molecule has 24 heavy (non-hydrogen) atoms. The van der Waals surface area contributed by atoms with Crippen molar-refractivity contribution in [2.45, 2.75) is 13.0 Å². The summed E-state index contributed by atoms with van der Waals surface area (Å²) in [6, 6.07) is 3.63. The summed E-state index contributed by atoms with van der Waals surface area (Å²) in [5.74, 6) is 0.153. The number of amidine groups is 1. The summed E-state index contributed by atoms with van der Waals surface area (Å²) in [6.45, 7) is 2.23. The van der Waals surface area contributed by atoms with Crippen LogP contribution in [-0.2, 0) is 14.8 Å². The molecule has 0 radical (unpaired) electrons. The van der Waals surface area contributed by atoms with Gasteiger partial charge < -0.3 is 9.80 Å². The van der Waals surface area contributed by atoms with E-state index in [0.717, 1.165) is 5.56 Å². The van der Waals surface area contributed by atoms with Crippen molar-refractivity contribution in [2.24, 2.45) is 4.40 Å². The summed E-state index contributed by atoms with van der Waals surface area (Å²) in [6.07, 6.45) is 8.25. The zero-order chi connectivity index (χ0) is 17.3. The van der Waals surface area contributed by atoms with Gasteiger partial charge >= 0.3 is 0 Å². The fourth-order valence-electron chi connectivity index (χ4n) is 2.55. The molecule has 1 aromatic heterocycles. The van der Waals surface area contributed by atoms with E-state index >= 15 is 0 Å². The van der Waals surface area contributed by atoms with Gasteiger partial charge in [0.15, 0.2) is 0 Å². The number of carbonyl (C=O) groups is 1. The number of aromatic nitrogens is 1. The van der Waals surface area contributed by atoms with Crippen LogP contribution in [-0.4, -0.2) is 54.3 Å². The number of fused-ring (bicyclic) bond motifs is 1. The fourth-order valence-corrected chi connectivity index (χ4v) is 3.52. The van der Waals surface area contributed by atoms with E-state index in [1.807, 2.05) is 19.1 Å². The van der Waals surface area contributed by atoms with Crippen molar-refractivity contribution in [2.75, 3.05) is 19.3 Å². The van der Waals surface area contributed by atoms with Crippen LogP contribution >= 0.6 is 0 Å². The molecule has 2 aliphatic heterocycles. The van der Waals surface area contributed by atoms with Crippen molar-refractivity contribution in [3.05, 3.63) is 54.0 Å². The Morgan fingerprint density at radius 3 is 2.88 bits per heavy atom. The average molecular weight is 346 g/mol. The van der Waals surface area contributed by atoms with Crippen LogP contribution in [0.2, 0.25) is 0 Å². The standard InChI is InChI=1S/C16H18N4O3S/c1-12(13-4-3-7-17-10-13)19(2)16(21)14-5-6-15-18-24(22,23)9-8-20(15)11-14/h3-7,10-12H,8-9H2,1-2H3. The highest BCUT2D eigenvalue weighted by atomic mass is 32.2. The van der Waals surface area contributed by atoms with E-state index in [2.05, 4.69) is 9.38 Å². The third-order valence-electron chi connectivity index (χ3n) is 4.14. The van der Waals surface area contributed by atoms with Crippen molar-refractivity contribution >= 4 is 21.8 Å². The molecule has 0 N–H and O–H groups in total. The number of hydrogen-bond acceptors (Lipinski definition) is 5. The Labute approximate surface area is 141 Å². The number of likely N-dealkylation sites (N-methyl/N-ethyl adjacent to an activating group) is 1. The number of rotatable bonds is 3. The third kappa shape index (κ3) is 3.23. The Hall–Kier alpha value is -2.48. The van der Waals surface area contributed by atoms with E-state index < -0.39 is 10.0 Å². The Balaban J connectivity index is 1.79. The number of sulfonamides is 1. The monoisotopic (exact) mass is 346 g/mol. The van der Waals surface area contributed by atoms with Crippen molar-refractivity contribution in [1.82, 2.24) is 14.8 Å². The Bertz CT molecular complexity index is 843. The highest BCUT2D eigenvalue weighted by Crippen LogP contribution is 2.22. The minimum atomic E-state index is -3.39. The molecule has 0 spiro atoms. The molecular formula is C16H18N4O3S. The third-order valence-corrected chi connectivity index (χ3v) is 5.30. The zero-order valence-electron chi connectivity index (χ0n) is 13.5. The first-order valence-electron chi connectivity index (χ1n) is 7.54. The highest BCUT2D eigenvalue weighted by Gasteiger charge is 2.27. The fraction of sp³-hybridized carbons (Fsp3) is 0.312. The minimum absolute atomic E-state index is 0.0514. The SMILES string of the molecule is CC(c1cccnc1)N(C)C(=O)C1=CN2CCS(=O)(=O)N=C2C=C1. The lowest BCUT2D eigenvalue weighted by Gasteiger charge is -2.30. The van der Waals surface area contributed by atoms with E-state index in [1.54, 1.807) is 47.6 Å². The van der Waals surface area contributed by atoms with Crippen LogP contribution in [0.4, 0.5) is 0 Å². The van der Waals surface area contributed by atoms with Crippen LogP contribution < -0.4 is 0 Å². The highest BCUT2D eigenvalue weighted by molar-refractivity contribution is 7.90. The first-order chi connectivity index (χ1) is 11.4. The molecule has 1 aromatic rings. The number of pyridine rings is 1. The number of hydrogen-bond donors (Lipinski definition) is 0. The summed E-state index contributed by atoms with van der Waals surface area (Å²) in [5.41, 5.74) is 1.44. The second-order valence-electron chi connectivity index (χ2n) is 5.73. The van der Waals surface area contributed by atoms with Gasteiger partial charge in [0, 0.05) is 32.2 Å². The first kappa shape index (κ1) is 16.4. The topological polar surface area (TPSA) is 82.9 Å². The van der Waals surface area contributed by atoms with Crippen molar-refractivity contribution in [3.8, 4) is 0 Å². The minimum Gasteiger partial charge on any atom is -0.335 e. The molecule has 8 heteroatoms. The molecule has 126 valence electrons. The van der Waals surface area contributed by atoms with Crippen LogP contribution in [0, 0.1) is 0 Å². The van der Waals surface area contributed by atoms with Crippen LogP contribution in [0.25, 0.3) is 0 Å². The van der Waals surface area contributed by atoms with Crippen molar-refractivity contribution < 1.29 is 13.2 Å². The molecule has 0 bridgehead atoms. The maximum Gasteiger partial charge on any atom is 0.256 e. The molecule has 2 aliphatic rings.